The fourth-order valence-corrected chi connectivity index (χ4v) is 10.7. The second-order valence-corrected chi connectivity index (χ2v) is 24.6. The molecule has 1 aromatic rings. The Morgan fingerprint density at radius 3 is 1.69 bits per heavy atom. The number of carbonyl (C=O) groups is 12. The highest BCUT2D eigenvalue weighted by atomic mass is 19.3. The first-order chi connectivity index (χ1) is 44.0. The number of alkyl halides is 2. The van der Waals surface area contributed by atoms with Crippen LogP contribution in [0.3, 0.4) is 0 Å². The zero-order valence-corrected chi connectivity index (χ0v) is 55.3. The lowest BCUT2D eigenvalue weighted by molar-refractivity contribution is -0.157. The van der Waals surface area contributed by atoms with Gasteiger partial charge in [-0.1, -0.05) is 130 Å². The summed E-state index contributed by atoms with van der Waals surface area (Å²) in [7, 11) is 1.59. The molecular formula is C64H102F2N12O15. The number of hydrogen-bond acceptors (Lipinski definition) is 16. The monoisotopic (exact) mass is 1320 g/mol. The lowest BCUT2D eigenvalue weighted by atomic mass is 9.94. The number of nitrogens with two attached hydrogens (primary N) is 1. The fourth-order valence-electron chi connectivity index (χ4n) is 10.7. The van der Waals surface area contributed by atoms with Gasteiger partial charge in [0.2, 0.25) is 71.4 Å². The van der Waals surface area contributed by atoms with Crippen molar-refractivity contribution < 1.29 is 81.3 Å². The first-order valence-corrected chi connectivity index (χ1v) is 32.4. The number of rotatable bonds is 38. The zero-order valence-electron chi connectivity index (χ0n) is 55.3. The molecule has 27 nitrogen and oxygen atoms in total. The lowest BCUT2D eigenvalue weighted by Crippen LogP contribution is -2.63. The zero-order chi connectivity index (χ0) is 69.9. The number of amides is 11. The van der Waals surface area contributed by atoms with Crippen LogP contribution in [0.15, 0.2) is 43.0 Å². The van der Waals surface area contributed by atoms with E-state index in [0.29, 0.717) is 38.5 Å². The molecule has 522 valence electrons. The van der Waals surface area contributed by atoms with Gasteiger partial charge < -0.3 is 79.2 Å². The minimum atomic E-state index is -2.84. The first kappa shape index (κ1) is 79.6. The molecule has 1 aromatic carbocycles. The molecule has 0 radical (unpaired) electrons. The number of halogens is 2. The molecule has 29 heteroatoms. The average Bonchev–Trinajstić information content (AvgIpc) is 1.58. The van der Waals surface area contributed by atoms with E-state index in [1.807, 2.05) is 30.3 Å². The summed E-state index contributed by atoms with van der Waals surface area (Å²) >= 11 is 0. The Morgan fingerprint density at radius 1 is 0.688 bits per heavy atom. The molecule has 11 amide bonds. The number of cyclic esters (lactones) is 1. The molecule has 15 N–H and O–H groups in total. The molecule has 93 heavy (non-hydrogen) atoms. The molecule has 3 rings (SSSR count). The maximum absolute atomic E-state index is 14.5. The van der Waals surface area contributed by atoms with Gasteiger partial charge in [-0.2, -0.15) is 0 Å². The molecule has 2 fully saturated rings. The van der Waals surface area contributed by atoms with Gasteiger partial charge in [0.25, 0.3) is 0 Å². The molecule has 17 atom stereocenters. The molecule has 1 heterocycles. The van der Waals surface area contributed by atoms with Gasteiger partial charge in [0.05, 0.1) is 19.3 Å². The van der Waals surface area contributed by atoms with Crippen LogP contribution in [-0.2, 0) is 68.7 Å². The summed E-state index contributed by atoms with van der Waals surface area (Å²) in [5.74, 6) is -14.9. The van der Waals surface area contributed by atoms with Crippen LogP contribution in [0.25, 0.3) is 0 Å². The van der Waals surface area contributed by atoms with Crippen molar-refractivity contribution in [1.29, 1.82) is 0 Å². The standard InChI is InChI=1S/C64H102F2N12O15/c1-12-17-18-19-23-26-41-57(86)78-64(31-40(64)30-46(65)66)63(92)77-51(37(9)16-5)62(91)93-38(10)52(61(90)70-41)76-56(85)45(33-80)72-59(88)49(35(7)14-3)75-60(89)50(36(8)15-4)73-53(82)42(27-28-47(67)81)69-55(84)44(32-79)71-58(87)48(34(6)13-2)74-54(83)43(68-11)29-39-24-21-20-22-25-39/h12,20-22,24-25,34-38,40-46,48-52,68,79-80H,1,13-19,23,26-33H2,2-11H3,(H2,67,81)(H,69,84)(H,70,90)(H,71,87)(H,72,88)(H,73,82)(H,74,83)(H,75,89)(H,76,85)(H,77,92)(H,78,86)/t34-,35-,36-,37-,38-,40?,41-,42+,43+,44-,45-,48-,49-,50+,51-,52+,64+/m0/s1. The van der Waals surface area contributed by atoms with Crippen LogP contribution in [0, 0.1) is 29.6 Å². The van der Waals surface area contributed by atoms with E-state index in [0.717, 1.165) is 5.56 Å². The van der Waals surface area contributed by atoms with Crippen LogP contribution < -0.4 is 64.2 Å². The second-order valence-electron chi connectivity index (χ2n) is 24.6. The SMILES string of the molecule is C=CCCCCC[C@@H]1NC(=O)[C@H](NC(=O)[C@H](CO)NC(=O)[C@@H](NC(=O)[C@H](NC(=O)[C@@H](CCC(N)=O)NC(=O)[C@H](CO)NC(=O)[C@@H](NC(=O)[C@@H](Cc2ccccc2)NC)[C@@H](C)CC)[C@@H](C)CC)[C@@H](C)CC)[C@H](C)OC(=O)[C@H]([C@@H](C)CC)NC(=O)[C@]2(CC2CC(F)F)NC1=O. The maximum atomic E-state index is 14.5. The van der Waals surface area contributed by atoms with Gasteiger partial charge >= 0.3 is 5.97 Å². The Bertz CT molecular complexity index is 2710. The van der Waals surface area contributed by atoms with E-state index in [2.05, 4.69) is 65.1 Å². The van der Waals surface area contributed by atoms with Crippen molar-refractivity contribution in [2.75, 3.05) is 20.3 Å². The summed E-state index contributed by atoms with van der Waals surface area (Å²) in [5, 5.41) is 49.6. The Labute approximate surface area is 543 Å². The molecular weight excluding hydrogens is 1210 g/mol. The molecule has 1 aliphatic carbocycles. The highest BCUT2D eigenvalue weighted by Gasteiger charge is 2.62. The van der Waals surface area contributed by atoms with E-state index in [4.69, 9.17) is 10.5 Å². The number of ether oxygens (including phenoxy) is 1. The number of aliphatic hydroxyl groups is 2. The summed E-state index contributed by atoms with van der Waals surface area (Å²) in [5.41, 5.74) is 4.46. The smallest absolute Gasteiger partial charge is 0.329 e. The van der Waals surface area contributed by atoms with Crippen LogP contribution in [0.2, 0.25) is 0 Å². The minimum Gasteiger partial charge on any atom is -0.458 e. The van der Waals surface area contributed by atoms with Crippen molar-refractivity contribution in [3.8, 4) is 0 Å². The van der Waals surface area contributed by atoms with Gasteiger partial charge in [-0.25, -0.2) is 13.6 Å². The lowest BCUT2D eigenvalue weighted by Gasteiger charge is -2.31. The summed E-state index contributed by atoms with van der Waals surface area (Å²) < 4.78 is 33.4. The van der Waals surface area contributed by atoms with Gasteiger partial charge in [-0.15, -0.1) is 6.58 Å². The van der Waals surface area contributed by atoms with Crippen molar-refractivity contribution >= 4 is 70.9 Å². The van der Waals surface area contributed by atoms with Crippen molar-refractivity contribution in [1.82, 2.24) is 58.5 Å². The molecule has 1 saturated carbocycles. The predicted molar refractivity (Wildman–Crippen MR) is 339 cm³/mol. The fraction of sp³-hybridized carbons (Fsp3) is 0.688. The number of nitrogens with one attached hydrogen (secondary N) is 11. The van der Waals surface area contributed by atoms with Crippen LogP contribution in [0.4, 0.5) is 8.78 Å². The molecule has 0 bridgehead atoms. The highest BCUT2D eigenvalue weighted by Crippen LogP contribution is 2.48. The topological polar surface area (TPSA) is 413 Å². The van der Waals surface area contributed by atoms with E-state index in [-0.39, 0.29) is 32.1 Å². The summed E-state index contributed by atoms with van der Waals surface area (Å²) in [6, 6.07) is -5.61. The third-order valence-corrected chi connectivity index (χ3v) is 17.7. The summed E-state index contributed by atoms with van der Waals surface area (Å²) in [6.07, 6.45) is -0.856. The van der Waals surface area contributed by atoms with Crippen LogP contribution >= 0.6 is 0 Å². The molecule has 1 aliphatic heterocycles. The first-order valence-electron chi connectivity index (χ1n) is 32.4. The maximum Gasteiger partial charge on any atom is 0.329 e. The van der Waals surface area contributed by atoms with Crippen molar-refractivity contribution in [2.45, 2.75) is 231 Å². The Kier molecular flexibility index (Phi) is 33.5. The van der Waals surface area contributed by atoms with Crippen molar-refractivity contribution in [2.24, 2.45) is 35.3 Å². The second kappa shape index (κ2) is 39.1. The third kappa shape index (κ3) is 24.0. The van der Waals surface area contributed by atoms with Crippen LogP contribution in [0.5, 0.6) is 0 Å². The number of primary amides is 1. The molecule has 1 unspecified atom stereocenters. The Hall–Kier alpha value is -7.66. The normalized spacial score (nSPS) is 22.7. The number of likely N-dealkylation sites (N-methyl/N-ethyl adjacent to an activating group) is 1. The number of allylic oxidation sites excluding steroid dienone is 1. The number of aliphatic hydroxyl groups excluding tert-OH is 2. The van der Waals surface area contributed by atoms with Gasteiger partial charge in [-0.05, 0) is 87.6 Å². The largest absolute Gasteiger partial charge is 0.458 e. The number of esters is 1. The number of carbonyl (C=O) groups excluding carboxylic acids is 12. The van der Waals surface area contributed by atoms with E-state index < -0.39 is 212 Å². The molecule has 1 saturated heterocycles. The van der Waals surface area contributed by atoms with Crippen molar-refractivity contribution in [3.05, 3.63) is 48.6 Å². The van der Waals surface area contributed by atoms with E-state index in [9.17, 15) is 76.5 Å². The number of unbranched alkanes of at least 4 members (excludes halogenated alkanes) is 3. The summed E-state index contributed by atoms with van der Waals surface area (Å²) in [4.78, 5) is 168. The molecule has 0 aromatic heterocycles. The summed E-state index contributed by atoms with van der Waals surface area (Å²) in [6.45, 7) is 16.3. The van der Waals surface area contributed by atoms with Crippen LogP contribution in [-0.4, -0.2) is 180 Å². The minimum absolute atomic E-state index is 0.0216. The molecule has 1 spiro atoms. The van der Waals surface area contributed by atoms with E-state index in [1.165, 1.54) is 6.92 Å². The highest BCUT2D eigenvalue weighted by molar-refractivity contribution is 6.01. The van der Waals surface area contributed by atoms with E-state index in [1.54, 1.807) is 68.5 Å². The number of benzene rings is 1. The van der Waals surface area contributed by atoms with Gasteiger partial charge in [0.1, 0.15) is 66.0 Å². The van der Waals surface area contributed by atoms with Gasteiger partial charge in [0.15, 0.2) is 0 Å². The van der Waals surface area contributed by atoms with Gasteiger partial charge in [0, 0.05) is 12.8 Å². The average molecular weight is 1320 g/mol. The van der Waals surface area contributed by atoms with Gasteiger partial charge in [-0.3, -0.25) is 52.7 Å². The third-order valence-electron chi connectivity index (χ3n) is 17.7. The predicted octanol–water partition coefficient (Wildman–Crippen LogP) is 0.227. The quantitative estimate of drug-likeness (QED) is 0.0239. The van der Waals surface area contributed by atoms with E-state index >= 15 is 0 Å². The Morgan fingerprint density at radius 2 is 1.19 bits per heavy atom. The van der Waals surface area contributed by atoms with Crippen molar-refractivity contribution in [3.63, 3.8) is 0 Å². The number of hydrogen-bond donors (Lipinski definition) is 14. The Balaban J connectivity index is 1.91. The van der Waals surface area contributed by atoms with Crippen LogP contribution in [0.1, 0.15) is 151 Å². The molecule has 2 aliphatic rings.